The Balaban J connectivity index is 2.02. The van der Waals surface area contributed by atoms with Crippen LogP contribution < -0.4 is 5.32 Å². The highest BCUT2D eigenvalue weighted by molar-refractivity contribution is 5.57. The van der Waals surface area contributed by atoms with E-state index in [0.29, 0.717) is 6.04 Å². The zero-order valence-corrected chi connectivity index (χ0v) is 9.93. The number of pyridine rings is 1. The van der Waals surface area contributed by atoms with Gasteiger partial charge in [0.1, 0.15) is 5.82 Å². The maximum Gasteiger partial charge on any atom is 0.126 e. The van der Waals surface area contributed by atoms with Gasteiger partial charge in [0.25, 0.3) is 0 Å². The molecular weight excluding hydrogens is 212 g/mol. The molecule has 2 aromatic heterocycles. The average molecular weight is 228 g/mol. The van der Waals surface area contributed by atoms with E-state index in [9.17, 15) is 0 Å². The first-order valence-corrected chi connectivity index (χ1v) is 6.05. The van der Waals surface area contributed by atoms with Crippen molar-refractivity contribution >= 4 is 0 Å². The van der Waals surface area contributed by atoms with Crippen LogP contribution in [0.15, 0.2) is 30.7 Å². The third-order valence-electron chi connectivity index (χ3n) is 3.20. The molecule has 0 aliphatic carbocycles. The van der Waals surface area contributed by atoms with Crippen LogP contribution in [0.4, 0.5) is 0 Å². The molecule has 0 unspecified atom stereocenters. The number of rotatable bonds is 1. The normalized spacial score (nSPS) is 19.7. The lowest BCUT2D eigenvalue weighted by atomic mass is 10.2. The fraction of sp³-hybridized carbons (Fsp3) is 0.385. The summed E-state index contributed by atoms with van der Waals surface area (Å²) in [5, 5.41) is 3.47. The molecule has 0 saturated heterocycles. The largest absolute Gasteiger partial charge is 0.333 e. The minimum absolute atomic E-state index is 0.327. The van der Waals surface area contributed by atoms with Crippen molar-refractivity contribution in [2.75, 3.05) is 6.54 Å². The molecule has 4 nitrogen and oxygen atoms in total. The predicted octanol–water partition coefficient (Wildman–Crippen LogP) is 2.00. The molecule has 1 aliphatic heterocycles. The topological polar surface area (TPSA) is 42.7 Å². The first kappa shape index (κ1) is 10.5. The molecule has 88 valence electrons. The van der Waals surface area contributed by atoms with Gasteiger partial charge in [-0.15, -0.1) is 0 Å². The summed E-state index contributed by atoms with van der Waals surface area (Å²) in [6, 6.07) is 4.33. The second-order valence-corrected chi connectivity index (χ2v) is 4.44. The first-order chi connectivity index (χ1) is 8.34. The summed E-state index contributed by atoms with van der Waals surface area (Å²) in [7, 11) is 0. The second-order valence-electron chi connectivity index (χ2n) is 4.44. The molecule has 0 amide bonds. The summed E-state index contributed by atoms with van der Waals surface area (Å²) >= 11 is 0. The van der Waals surface area contributed by atoms with Crippen molar-refractivity contribution in [3.63, 3.8) is 0 Å². The van der Waals surface area contributed by atoms with Crippen molar-refractivity contribution in [1.82, 2.24) is 19.9 Å². The number of hydrogen-bond donors (Lipinski definition) is 1. The summed E-state index contributed by atoms with van der Waals surface area (Å²) in [6.45, 7) is 4.28. The molecule has 0 aromatic carbocycles. The number of nitrogens with zero attached hydrogens (tertiary/aromatic N) is 3. The van der Waals surface area contributed by atoms with Crippen LogP contribution in [0, 0.1) is 0 Å². The van der Waals surface area contributed by atoms with E-state index in [1.54, 1.807) is 0 Å². The molecule has 1 aliphatic rings. The summed E-state index contributed by atoms with van der Waals surface area (Å²) in [5.74, 6) is 1.13. The quantitative estimate of drug-likeness (QED) is 0.811. The standard InChI is InChI=1S/C13H16N4/c1-10-13-16-12(11-3-6-14-7-4-11)9-17(13)8-2-5-15-10/h3-4,6-7,9-10,15H,2,5,8H2,1H3/t10-/m1/s1. The fourth-order valence-electron chi connectivity index (χ4n) is 2.28. The summed E-state index contributed by atoms with van der Waals surface area (Å²) in [6.07, 6.45) is 6.92. The third kappa shape index (κ3) is 1.96. The van der Waals surface area contributed by atoms with E-state index in [-0.39, 0.29) is 0 Å². The SMILES string of the molecule is C[C@H]1NCCCn2cc(-c3ccncc3)nc21. The van der Waals surface area contributed by atoms with Crippen LogP contribution >= 0.6 is 0 Å². The number of aromatic nitrogens is 3. The van der Waals surface area contributed by atoms with Gasteiger partial charge in [0.15, 0.2) is 0 Å². The molecule has 0 bridgehead atoms. The van der Waals surface area contributed by atoms with Crippen molar-refractivity contribution in [3.8, 4) is 11.3 Å². The second kappa shape index (κ2) is 4.30. The highest BCUT2D eigenvalue weighted by Crippen LogP contribution is 2.22. The van der Waals surface area contributed by atoms with Crippen LogP contribution in [0.25, 0.3) is 11.3 Å². The molecule has 3 heterocycles. The Labute approximate surface area is 101 Å². The van der Waals surface area contributed by atoms with Crippen LogP contribution in [0.3, 0.4) is 0 Å². The summed E-state index contributed by atoms with van der Waals surface area (Å²) in [4.78, 5) is 8.77. The molecule has 3 rings (SSSR count). The molecule has 0 spiro atoms. The van der Waals surface area contributed by atoms with Gasteiger partial charge in [-0.05, 0) is 32.0 Å². The summed E-state index contributed by atoms with van der Waals surface area (Å²) in [5.41, 5.74) is 2.17. The van der Waals surface area contributed by atoms with Gasteiger partial charge in [-0.25, -0.2) is 4.98 Å². The third-order valence-corrected chi connectivity index (χ3v) is 3.20. The van der Waals surface area contributed by atoms with E-state index in [0.717, 1.165) is 36.6 Å². The first-order valence-electron chi connectivity index (χ1n) is 6.05. The van der Waals surface area contributed by atoms with Crippen molar-refractivity contribution in [2.45, 2.75) is 25.9 Å². The van der Waals surface area contributed by atoms with E-state index < -0.39 is 0 Å². The van der Waals surface area contributed by atoms with Gasteiger partial charge >= 0.3 is 0 Å². The monoisotopic (exact) mass is 228 g/mol. The predicted molar refractivity (Wildman–Crippen MR) is 66.5 cm³/mol. The highest BCUT2D eigenvalue weighted by atomic mass is 15.1. The van der Waals surface area contributed by atoms with Crippen molar-refractivity contribution in [3.05, 3.63) is 36.5 Å². The number of nitrogens with one attached hydrogen (secondary N) is 1. The zero-order chi connectivity index (χ0) is 11.7. The maximum absolute atomic E-state index is 4.73. The number of aryl methyl sites for hydroxylation is 1. The van der Waals surface area contributed by atoms with Gasteiger partial charge in [0.05, 0.1) is 11.7 Å². The fourth-order valence-corrected chi connectivity index (χ4v) is 2.28. The van der Waals surface area contributed by atoms with Crippen LogP contribution in [-0.2, 0) is 6.54 Å². The summed E-state index contributed by atoms with van der Waals surface area (Å²) < 4.78 is 2.26. The van der Waals surface area contributed by atoms with Crippen molar-refractivity contribution < 1.29 is 0 Å². The zero-order valence-electron chi connectivity index (χ0n) is 9.93. The van der Waals surface area contributed by atoms with Gasteiger partial charge in [-0.2, -0.15) is 0 Å². The van der Waals surface area contributed by atoms with E-state index in [2.05, 4.69) is 28.0 Å². The molecular formula is C13H16N4. The lowest BCUT2D eigenvalue weighted by molar-refractivity contribution is 0.571. The molecule has 0 saturated carbocycles. The van der Waals surface area contributed by atoms with E-state index in [1.807, 2.05) is 24.5 Å². The Hall–Kier alpha value is -1.68. The minimum Gasteiger partial charge on any atom is -0.333 e. The molecule has 0 fully saturated rings. The lowest BCUT2D eigenvalue weighted by Crippen LogP contribution is -2.18. The van der Waals surface area contributed by atoms with Gasteiger partial charge in [0.2, 0.25) is 0 Å². The Morgan fingerprint density at radius 2 is 2.18 bits per heavy atom. The molecule has 1 atom stereocenters. The molecule has 0 radical (unpaired) electrons. The van der Waals surface area contributed by atoms with Crippen LogP contribution in [0.5, 0.6) is 0 Å². The highest BCUT2D eigenvalue weighted by Gasteiger charge is 2.17. The smallest absolute Gasteiger partial charge is 0.126 e. The van der Waals surface area contributed by atoms with Crippen molar-refractivity contribution in [1.29, 1.82) is 0 Å². The Morgan fingerprint density at radius 1 is 1.35 bits per heavy atom. The maximum atomic E-state index is 4.73. The van der Waals surface area contributed by atoms with E-state index in [1.165, 1.54) is 0 Å². The van der Waals surface area contributed by atoms with Gasteiger partial charge in [0, 0.05) is 30.7 Å². The Bertz CT molecular complexity index is 503. The van der Waals surface area contributed by atoms with Crippen LogP contribution in [0.2, 0.25) is 0 Å². The number of hydrogen-bond acceptors (Lipinski definition) is 3. The molecule has 1 N–H and O–H groups in total. The van der Waals surface area contributed by atoms with E-state index in [4.69, 9.17) is 4.98 Å². The van der Waals surface area contributed by atoms with Gasteiger partial charge in [-0.3, -0.25) is 4.98 Å². The van der Waals surface area contributed by atoms with Gasteiger partial charge < -0.3 is 9.88 Å². The molecule has 4 heteroatoms. The Kier molecular flexibility index (Phi) is 2.65. The molecule has 17 heavy (non-hydrogen) atoms. The number of fused-ring (bicyclic) bond motifs is 1. The van der Waals surface area contributed by atoms with Gasteiger partial charge in [-0.1, -0.05) is 0 Å². The van der Waals surface area contributed by atoms with Crippen molar-refractivity contribution in [2.24, 2.45) is 0 Å². The Morgan fingerprint density at radius 3 is 3.00 bits per heavy atom. The van der Waals surface area contributed by atoms with Crippen LogP contribution in [-0.4, -0.2) is 21.1 Å². The van der Waals surface area contributed by atoms with Crippen LogP contribution in [0.1, 0.15) is 25.2 Å². The average Bonchev–Trinajstić information content (AvgIpc) is 2.72. The molecule has 2 aromatic rings. The number of imidazole rings is 1. The minimum atomic E-state index is 0.327. The lowest BCUT2D eigenvalue weighted by Gasteiger charge is -2.08. The van der Waals surface area contributed by atoms with E-state index >= 15 is 0 Å².